The maximum absolute atomic E-state index is 12.1. The van der Waals surface area contributed by atoms with Crippen molar-refractivity contribution < 1.29 is 9.53 Å². The Hall–Kier alpha value is -2.80. The molecule has 2 aromatic heterocycles. The quantitative estimate of drug-likeness (QED) is 0.784. The summed E-state index contributed by atoms with van der Waals surface area (Å²) in [5.41, 5.74) is 3.42. The Morgan fingerprint density at radius 3 is 2.91 bits per heavy atom. The fourth-order valence-corrected chi connectivity index (χ4v) is 2.30. The van der Waals surface area contributed by atoms with Crippen LogP contribution in [0.4, 0.5) is 5.69 Å². The third-order valence-electron chi connectivity index (χ3n) is 2.79. The summed E-state index contributed by atoms with van der Waals surface area (Å²) < 4.78 is 5.71. The molecule has 110 valence electrons. The van der Waals surface area contributed by atoms with E-state index in [0.29, 0.717) is 18.0 Å². The Bertz CT molecular complexity index is 747. The number of ether oxygens (including phenoxy) is 1. The fourth-order valence-electron chi connectivity index (χ4n) is 1.76. The lowest BCUT2D eigenvalue weighted by atomic mass is 10.3. The maximum Gasteiger partial charge on any atom is 0.275 e. The van der Waals surface area contributed by atoms with E-state index >= 15 is 0 Å². The number of para-hydroxylation sites is 2. The number of thiazole rings is 1. The molecular formula is C15H12N4O2S. The van der Waals surface area contributed by atoms with Gasteiger partial charge in [-0.05, 0) is 12.1 Å². The minimum atomic E-state index is -0.335. The van der Waals surface area contributed by atoms with E-state index < -0.39 is 0 Å². The average molecular weight is 312 g/mol. The van der Waals surface area contributed by atoms with Gasteiger partial charge in [0.15, 0.2) is 0 Å². The van der Waals surface area contributed by atoms with Gasteiger partial charge >= 0.3 is 0 Å². The van der Waals surface area contributed by atoms with Crippen LogP contribution < -0.4 is 10.1 Å². The van der Waals surface area contributed by atoms with Crippen LogP contribution in [0.1, 0.15) is 16.2 Å². The first-order valence-electron chi connectivity index (χ1n) is 6.49. The number of hydrogen-bond donors (Lipinski definition) is 1. The van der Waals surface area contributed by atoms with Gasteiger partial charge in [-0.25, -0.2) is 9.97 Å². The van der Waals surface area contributed by atoms with Crippen LogP contribution >= 0.6 is 11.3 Å². The van der Waals surface area contributed by atoms with Crippen molar-refractivity contribution in [1.82, 2.24) is 15.0 Å². The number of rotatable bonds is 5. The van der Waals surface area contributed by atoms with Crippen LogP contribution in [0.2, 0.25) is 0 Å². The molecule has 6 nitrogen and oxygen atoms in total. The molecule has 0 aliphatic carbocycles. The van der Waals surface area contributed by atoms with Crippen LogP contribution in [0.25, 0.3) is 0 Å². The summed E-state index contributed by atoms with van der Waals surface area (Å²) in [5, 5.41) is 4.69. The van der Waals surface area contributed by atoms with Crippen LogP contribution in [0.15, 0.2) is 53.7 Å². The number of benzene rings is 1. The smallest absolute Gasteiger partial charge is 0.275 e. The second kappa shape index (κ2) is 6.77. The first-order valence-corrected chi connectivity index (χ1v) is 7.43. The zero-order valence-corrected chi connectivity index (χ0v) is 12.3. The molecule has 0 aliphatic heterocycles. The second-order valence-corrected chi connectivity index (χ2v) is 5.03. The van der Waals surface area contributed by atoms with Gasteiger partial charge < -0.3 is 10.1 Å². The number of hydrogen-bond acceptors (Lipinski definition) is 6. The number of nitrogens with zero attached hydrogens (tertiary/aromatic N) is 3. The number of amides is 1. The van der Waals surface area contributed by atoms with Gasteiger partial charge in [-0.3, -0.25) is 9.78 Å². The van der Waals surface area contributed by atoms with E-state index in [2.05, 4.69) is 20.3 Å². The molecule has 2 heterocycles. The summed E-state index contributed by atoms with van der Waals surface area (Å²) in [4.78, 5) is 24.1. The summed E-state index contributed by atoms with van der Waals surface area (Å²) in [7, 11) is 0. The third kappa shape index (κ3) is 3.44. The van der Waals surface area contributed by atoms with Crippen LogP contribution in [0, 0.1) is 0 Å². The highest BCUT2D eigenvalue weighted by Crippen LogP contribution is 2.25. The van der Waals surface area contributed by atoms with Crippen molar-refractivity contribution in [2.75, 3.05) is 5.32 Å². The Labute approximate surface area is 130 Å². The number of carbonyl (C=O) groups is 1. The number of carbonyl (C=O) groups excluding carboxylic acids is 1. The van der Waals surface area contributed by atoms with Gasteiger partial charge in [0.05, 0.1) is 23.1 Å². The predicted octanol–water partition coefficient (Wildman–Crippen LogP) is 2.76. The van der Waals surface area contributed by atoms with Gasteiger partial charge in [0.1, 0.15) is 18.1 Å². The highest BCUT2D eigenvalue weighted by atomic mass is 32.1. The Balaban J connectivity index is 1.72. The molecule has 0 spiro atoms. The minimum absolute atomic E-state index is 0.247. The Morgan fingerprint density at radius 2 is 2.14 bits per heavy atom. The molecule has 0 atom stereocenters. The first kappa shape index (κ1) is 14.2. The van der Waals surface area contributed by atoms with Crippen LogP contribution in [-0.4, -0.2) is 20.9 Å². The topological polar surface area (TPSA) is 77.0 Å². The maximum atomic E-state index is 12.1. The van der Waals surface area contributed by atoms with Crippen LogP contribution in [-0.2, 0) is 6.61 Å². The van der Waals surface area contributed by atoms with Crippen molar-refractivity contribution in [2.24, 2.45) is 0 Å². The van der Waals surface area contributed by atoms with Crippen molar-refractivity contribution in [3.63, 3.8) is 0 Å². The van der Waals surface area contributed by atoms with Gasteiger partial charge in [0, 0.05) is 17.8 Å². The zero-order chi connectivity index (χ0) is 15.2. The summed E-state index contributed by atoms with van der Waals surface area (Å²) in [6.07, 6.45) is 4.40. The lowest BCUT2D eigenvalue weighted by Gasteiger charge is -2.11. The number of nitrogens with one attached hydrogen (secondary N) is 1. The summed E-state index contributed by atoms with van der Waals surface area (Å²) in [6, 6.07) is 7.22. The molecular weight excluding hydrogens is 300 g/mol. The van der Waals surface area contributed by atoms with Crippen LogP contribution in [0.5, 0.6) is 5.75 Å². The Kier molecular flexibility index (Phi) is 4.35. The average Bonchev–Trinajstić information content (AvgIpc) is 3.08. The summed E-state index contributed by atoms with van der Waals surface area (Å²) in [6.45, 7) is 0.349. The molecule has 7 heteroatoms. The molecule has 0 bridgehead atoms. The first-order chi connectivity index (χ1) is 10.8. The van der Waals surface area contributed by atoms with Crippen molar-refractivity contribution in [2.45, 2.75) is 6.61 Å². The predicted molar refractivity (Wildman–Crippen MR) is 82.9 cm³/mol. The minimum Gasteiger partial charge on any atom is -0.485 e. The third-order valence-corrected chi connectivity index (χ3v) is 3.43. The van der Waals surface area contributed by atoms with E-state index in [9.17, 15) is 4.79 Å². The van der Waals surface area contributed by atoms with Gasteiger partial charge in [0.25, 0.3) is 5.91 Å². The molecule has 3 rings (SSSR count). The van der Waals surface area contributed by atoms with Crippen molar-refractivity contribution in [3.8, 4) is 5.75 Å². The fraction of sp³-hybridized carbons (Fsp3) is 0.0667. The zero-order valence-electron chi connectivity index (χ0n) is 11.5. The van der Waals surface area contributed by atoms with E-state index in [0.717, 1.165) is 5.69 Å². The molecule has 0 aliphatic rings. The SMILES string of the molecule is O=C(Nc1ccccc1OCc1cscn1)c1cnccn1. The highest BCUT2D eigenvalue weighted by Gasteiger charge is 2.11. The molecule has 0 unspecified atom stereocenters. The van der Waals surface area contributed by atoms with E-state index in [-0.39, 0.29) is 11.6 Å². The largest absolute Gasteiger partial charge is 0.485 e. The lowest BCUT2D eigenvalue weighted by molar-refractivity contribution is 0.102. The summed E-state index contributed by atoms with van der Waals surface area (Å²) >= 11 is 1.51. The number of aromatic nitrogens is 3. The monoisotopic (exact) mass is 312 g/mol. The van der Waals surface area contributed by atoms with E-state index in [1.165, 1.54) is 29.9 Å². The van der Waals surface area contributed by atoms with Crippen molar-refractivity contribution in [1.29, 1.82) is 0 Å². The molecule has 1 aromatic carbocycles. The standard InChI is InChI=1S/C15H12N4O2S/c20-15(13-7-16-5-6-17-13)19-12-3-1-2-4-14(12)21-8-11-9-22-10-18-11/h1-7,9-10H,8H2,(H,19,20). The molecule has 1 N–H and O–H groups in total. The molecule has 0 saturated heterocycles. The van der Waals surface area contributed by atoms with Gasteiger partial charge in [-0.2, -0.15) is 0 Å². The van der Waals surface area contributed by atoms with Gasteiger partial charge in [0.2, 0.25) is 0 Å². The van der Waals surface area contributed by atoms with Crippen molar-refractivity contribution >= 4 is 22.9 Å². The molecule has 0 saturated carbocycles. The highest BCUT2D eigenvalue weighted by molar-refractivity contribution is 7.07. The van der Waals surface area contributed by atoms with E-state index in [1.54, 1.807) is 17.6 Å². The lowest BCUT2D eigenvalue weighted by Crippen LogP contribution is -2.14. The molecule has 0 radical (unpaired) electrons. The van der Waals surface area contributed by atoms with Gasteiger partial charge in [-0.15, -0.1) is 11.3 Å². The second-order valence-electron chi connectivity index (χ2n) is 4.31. The summed E-state index contributed by atoms with van der Waals surface area (Å²) in [5.74, 6) is 0.241. The van der Waals surface area contributed by atoms with Crippen molar-refractivity contribution in [3.05, 3.63) is 65.1 Å². The Morgan fingerprint density at radius 1 is 1.23 bits per heavy atom. The number of anilines is 1. The normalized spacial score (nSPS) is 10.2. The van der Waals surface area contributed by atoms with Gasteiger partial charge in [-0.1, -0.05) is 12.1 Å². The van der Waals surface area contributed by atoms with Crippen LogP contribution in [0.3, 0.4) is 0 Å². The van der Waals surface area contributed by atoms with E-state index in [1.807, 2.05) is 17.5 Å². The van der Waals surface area contributed by atoms with E-state index in [4.69, 9.17) is 4.74 Å². The molecule has 3 aromatic rings. The molecule has 1 amide bonds. The molecule has 22 heavy (non-hydrogen) atoms. The molecule has 0 fully saturated rings.